The molecule has 86 heavy (non-hydrogen) atoms. The van der Waals surface area contributed by atoms with Gasteiger partial charge in [0, 0.05) is 19.4 Å². The van der Waals surface area contributed by atoms with E-state index in [0.29, 0.717) is 6.42 Å². The zero-order chi connectivity index (χ0) is 62.3. The lowest BCUT2D eigenvalue weighted by molar-refractivity contribution is -0.161. The summed E-state index contributed by atoms with van der Waals surface area (Å²) in [5.74, 6) is -0.799. The lowest BCUT2D eigenvalue weighted by atomic mass is 10.0. The monoisotopic (exact) mass is 1230 g/mol. The van der Waals surface area contributed by atoms with E-state index in [9.17, 15) is 19.0 Å². The van der Waals surface area contributed by atoms with Crippen LogP contribution in [0.4, 0.5) is 0 Å². The molecule has 0 fully saturated rings. The Hall–Kier alpha value is -1.51. The van der Waals surface area contributed by atoms with E-state index < -0.39 is 26.5 Å². The van der Waals surface area contributed by atoms with Crippen LogP contribution >= 0.6 is 7.82 Å². The number of allylic oxidation sites excluding steroid dienone is 4. The minimum absolute atomic E-state index is 0.0575. The molecule has 0 aliphatic rings. The minimum atomic E-state index is -4.39. The summed E-state index contributed by atoms with van der Waals surface area (Å²) < 4.78 is 33.3. The molecule has 0 aromatic heterocycles. The molecule has 0 saturated carbocycles. The van der Waals surface area contributed by atoms with Crippen molar-refractivity contribution in [3.05, 3.63) is 24.3 Å². The van der Waals surface area contributed by atoms with Gasteiger partial charge < -0.3 is 20.1 Å². The summed E-state index contributed by atoms with van der Waals surface area (Å²) in [6, 6.07) is 0. The maximum Gasteiger partial charge on any atom is 0.472 e. The van der Waals surface area contributed by atoms with Gasteiger partial charge in [-0.25, -0.2) is 4.57 Å². The van der Waals surface area contributed by atoms with Gasteiger partial charge in [0.15, 0.2) is 6.10 Å². The van der Waals surface area contributed by atoms with Crippen molar-refractivity contribution in [1.29, 1.82) is 0 Å². The number of carbonyl (C=O) groups excluding carboxylic acids is 2. The van der Waals surface area contributed by atoms with Crippen molar-refractivity contribution < 1.29 is 37.6 Å². The second-order valence-electron chi connectivity index (χ2n) is 26.2. The highest BCUT2D eigenvalue weighted by Gasteiger charge is 2.26. The molecule has 0 amide bonds. The molecule has 0 aliphatic heterocycles. The fourth-order valence-corrected chi connectivity index (χ4v) is 12.7. The Kier molecular flexibility index (Phi) is 71.3. The lowest BCUT2D eigenvalue weighted by Crippen LogP contribution is -2.29. The molecular formula is C76H148NO8P. The van der Waals surface area contributed by atoms with E-state index in [1.165, 1.54) is 347 Å². The van der Waals surface area contributed by atoms with Crippen LogP contribution in [0, 0.1) is 0 Å². The van der Waals surface area contributed by atoms with Gasteiger partial charge in [-0.05, 0) is 44.9 Å². The van der Waals surface area contributed by atoms with Crippen LogP contribution in [0.15, 0.2) is 24.3 Å². The standard InChI is InChI=1S/C76H148NO8P/c1-3-5-7-9-11-13-15-17-19-21-23-25-27-29-31-33-35-36-37-38-39-41-43-45-47-49-51-53-55-57-59-61-63-65-67-69-76(79)85-74(73-84-86(80,81)83-71-70-77)72-82-75(78)68-66-64-62-60-58-56-54-52-50-48-46-44-42-40-34-32-30-28-26-24-22-20-18-16-14-12-10-8-6-4-2/h15,17,21,23,74H,3-14,16,18-20,22,24-73,77H2,1-2H3,(H,80,81)/b17-15-,23-21-. The van der Waals surface area contributed by atoms with Gasteiger partial charge in [-0.15, -0.1) is 0 Å². The number of phosphoric ester groups is 1. The molecule has 0 saturated heterocycles. The number of nitrogens with two attached hydrogens (primary N) is 1. The molecule has 3 N–H and O–H groups in total. The molecule has 9 nitrogen and oxygen atoms in total. The zero-order valence-electron chi connectivity index (χ0n) is 57.6. The summed E-state index contributed by atoms with van der Waals surface area (Å²) in [6.07, 6.45) is 90.2. The van der Waals surface area contributed by atoms with Crippen LogP contribution in [-0.2, 0) is 32.7 Å². The number of phosphoric acid groups is 1. The van der Waals surface area contributed by atoms with Gasteiger partial charge in [0.2, 0.25) is 0 Å². The maximum absolute atomic E-state index is 12.8. The average molecular weight is 1230 g/mol. The third-order valence-electron chi connectivity index (χ3n) is 17.6. The molecule has 0 spiro atoms. The molecule has 2 unspecified atom stereocenters. The lowest BCUT2D eigenvalue weighted by Gasteiger charge is -2.19. The fraction of sp³-hybridized carbons (Fsp3) is 0.921. The fourth-order valence-electron chi connectivity index (χ4n) is 11.9. The molecule has 0 bridgehead atoms. The summed E-state index contributed by atoms with van der Waals surface area (Å²) in [5.41, 5.74) is 5.41. The first-order chi connectivity index (χ1) is 42.3. The first kappa shape index (κ1) is 84.5. The second kappa shape index (κ2) is 72.6. The summed E-state index contributed by atoms with van der Waals surface area (Å²) in [6.45, 7) is 3.83. The first-order valence-corrected chi connectivity index (χ1v) is 39.8. The third kappa shape index (κ3) is 71.6. The van der Waals surface area contributed by atoms with E-state index in [2.05, 4.69) is 38.2 Å². The maximum atomic E-state index is 12.8. The van der Waals surface area contributed by atoms with E-state index >= 15 is 0 Å². The van der Waals surface area contributed by atoms with Gasteiger partial charge in [-0.2, -0.15) is 0 Å². The Morgan fingerprint density at radius 3 is 0.884 bits per heavy atom. The van der Waals surface area contributed by atoms with Crippen molar-refractivity contribution in [2.75, 3.05) is 26.4 Å². The van der Waals surface area contributed by atoms with Crippen LogP contribution in [0.5, 0.6) is 0 Å². The van der Waals surface area contributed by atoms with Crippen molar-refractivity contribution >= 4 is 19.8 Å². The molecule has 510 valence electrons. The molecule has 0 radical (unpaired) electrons. The van der Waals surface area contributed by atoms with Crippen molar-refractivity contribution in [3.63, 3.8) is 0 Å². The number of hydrogen-bond acceptors (Lipinski definition) is 8. The van der Waals surface area contributed by atoms with Crippen LogP contribution < -0.4 is 5.73 Å². The van der Waals surface area contributed by atoms with Gasteiger partial charge in [0.05, 0.1) is 13.2 Å². The van der Waals surface area contributed by atoms with Gasteiger partial charge in [-0.1, -0.05) is 385 Å². The molecule has 0 heterocycles. The molecular weight excluding hydrogens is 1090 g/mol. The van der Waals surface area contributed by atoms with Crippen molar-refractivity contribution in [2.24, 2.45) is 5.73 Å². The van der Waals surface area contributed by atoms with Crippen LogP contribution in [-0.4, -0.2) is 49.3 Å². The summed E-state index contributed by atoms with van der Waals surface area (Å²) >= 11 is 0. The third-order valence-corrected chi connectivity index (χ3v) is 18.6. The van der Waals surface area contributed by atoms with Crippen LogP contribution in [0.3, 0.4) is 0 Å². The molecule has 2 atom stereocenters. The number of rotatable bonds is 74. The van der Waals surface area contributed by atoms with Gasteiger partial charge in [0.1, 0.15) is 6.61 Å². The Morgan fingerprint density at radius 1 is 0.349 bits per heavy atom. The van der Waals surface area contributed by atoms with E-state index in [-0.39, 0.29) is 38.6 Å². The van der Waals surface area contributed by atoms with Crippen molar-refractivity contribution in [1.82, 2.24) is 0 Å². The Bertz CT molecular complexity index is 1460. The highest BCUT2D eigenvalue weighted by Crippen LogP contribution is 2.43. The Balaban J connectivity index is 3.76. The second-order valence-corrected chi connectivity index (χ2v) is 27.7. The predicted octanol–water partition coefficient (Wildman–Crippen LogP) is 25.3. The van der Waals surface area contributed by atoms with Crippen LogP contribution in [0.25, 0.3) is 0 Å². The highest BCUT2D eigenvalue weighted by atomic mass is 31.2. The Morgan fingerprint density at radius 2 is 0.605 bits per heavy atom. The molecule has 0 aromatic carbocycles. The van der Waals surface area contributed by atoms with Crippen LogP contribution in [0.2, 0.25) is 0 Å². The molecule has 0 aliphatic carbocycles. The highest BCUT2D eigenvalue weighted by molar-refractivity contribution is 7.47. The Labute approximate surface area is 535 Å². The minimum Gasteiger partial charge on any atom is -0.462 e. The number of hydrogen-bond donors (Lipinski definition) is 2. The van der Waals surface area contributed by atoms with Crippen molar-refractivity contribution in [3.8, 4) is 0 Å². The van der Waals surface area contributed by atoms with E-state index in [1.807, 2.05) is 0 Å². The number of ether oxygens (including phenoxy) is 2. The average Bonchev–Trinajstić information content (AvgIpc) is 3.59. The molecule has 10 heteroatoms. The molecule has 0 rings (SSSR count). The SMILES string of the molecule is CCCCCCC/C=C\C/C=C\CCCCCCCCCCCCCCCCCCCCCCCCCC(=O)OC(COC(=O)CCCCCCCCCCCCCCCCCCCCCCCCCCCCCCCC)COP(=O)(O)OCCN. The summed E-state index contributed by atoms with van der Waals surface area (Å²) in [7, 11) is -4.39. The number of unbranched alkanes of at least 4 members (excludes halogenated alkanes) is 57. The zero-order valence-corrected chi connectivity index (χ0v) is 58.5. The largest absolute Gasteiger partial charge is 0.472 e. The van der Waals surface area contributed by atoms with Gasteiger partial charge in [-0.3, -0.25) is 18.6 Å². The predicted molar refractivity (Wildman–Crippen MR) is 372 cm³/mol. The number of carbonyl (C=O) groups is 2. The topological polar surface area (TPSA) is 134 Å². The van der Waals surface area contributed by atoms with Crippen molar-refractivity contribution in [2.45, 2.75) is 424 Å². The summed E-state index contributed by atoms with van der Waals surface area (Å²) in [5, 5.41) is 0. The number of esters is 2. The quantitative estimate of drug-likeness (QED) is 0.0264. The smallest absolute Gasteiger partial charge is 0.462 e. The normalized spacial score (nSPS) is 12.9. The van der Waals surface area contributed by atoms with Crippen LogP contribution in [0.1, 0.15) is 418 Å². The van der Waals surface area contributed by atoms with E-state index in [4.69, 9.17) is 24.3 Å². The summed E-state index contributed by atoms with van der Waals surface area (Å²) in [4.78, 5) is 35.4. The van der Waals surface area contributed by atoms with Gasteiger partial charge >= 0.3 is 19.8 Å². The first-order valence-electron chi connectivity index (χ1n) is 38.3. The van der Waals surface area contributed by atoms with E-state index in [0.717, 1.165) is 38.5 Å². The van der Waals surface area contributed by atoms with Gasteiger partial charge in [0.25, 0.3) is 0 Å². The van der Waals surface area contributed by atoms with E-state index in [1.54, 1.807) is 0 Å². The molecule has 0 aromatic rings.